The summed E-state index contributed by atoms with van der Waals surface area (Å²) >= 11 is 0. The Bertz CT molecular complexity index is 798. The van der Waals surface area contributed by atoms with Crippen molar-refractivity contribution in [3.63, 3.8) is 0 Å². The van der Waals surface area contributed by atoms with Gasteiger partial charge in [-0.05, 0) is 6.07 Å². The normalized spacial score (nSPS) is 14.6. The Hall–Kier alpha value is -2.63. The number of fused-ring (bicyclic) bond motifs is 2. The Kier molecular flexibility index (Phi) is 2.73. The van der Waals surface area contributed by atoms with Crippen molar-refractivity contribution in [1.82, 2.24) is 19.7 Å². The van der Waals surface area contributed by atoms with E-state index in [0.29, 0.717) is 6.61 Å². The molecular weight excluding hydrogens is 266 g/mol. The zero-order valence-electron chi connectivity index (χ0n) is 11.7. The maximum absolute atomic E-state index is 5.81. The van der Waals surface area contributed by atoms with Crippen LogP contribution in [0.1, 0.15) is 5.56 Å². The summed E-state index contributed by atoms with van der Waals surface area (Å²) in [6.07, 6.45) is 3.42. The molecule has 0 aliphatic carbocycles. The van der Waals surface area contributed by atoms with Gasteiger partial charge in [0.15, 0.2) is 5.65 Å². The zero-order chi connectivity index (χ0) is 14.2. The van der Waals surface area contributed by atoms with Crippen molar-refractivity contribution in [2.24, 2.45) is 7.05 Å². The molecule has 106 valence electrons. The number of para-hydroxylation sites is 1. The third kappa shape index (κ3) is 1.99. The number of hydrogen-bond acceptors (Lipinski definition) is 5. The molecule has 0 fully saturated rings. The fourth-order valence-corrected chi connectivity index (χ4v) is 2.71. The van der Waals surface area contributed by atoms with Crippen molar-refractivity contribution in [3.8, 4) is 5.75 Å². The zero-order valence-corrected chi connectivity index (χ0v) is 11.7. The van der Waals surface area contributed by atoms with Crippen molar-refractivity contribution in [1.29, 1.82) is 0 Å². The predicted molar refractivity (Wildman–Crippen MR) is 79.3 cm³/mol. The van der Waals surface area contributed by atoms with Crippen LogP contribution in [-0.2, 0) is 13.6 Å². The Morgan fingerprint density at radius 1 is 1.19 bits per heavy atom. The molecule has 0 atom stereocenters. The molecular formula is C15H15N5O. The van der Waals surface area contributed by atoms with Crippen LogP contribution in [0.25, 0.3) is 11.0 Å². The second-order valence-corrected chi connectivity index (χ2v) is 5.08. The molecule has 3 heterocycles. The summed E-state index contributed by atoms with van der Waals surface area (Å²) in [4.78, 5) is 11.0. The van der Waals surface area contributed by atoms with Crippen molar-refractivity contribution in [2.45, 2.75) is 6.54 Å². The minimum Gasteiger partial charge on any atom is -0.491 e. The lowest BCUT2D eigenvalue weighted by molar-refractivity contribution is 0.331. The Morgan fingerprint density at radius 3 is 3.05 bits per heavy atom. The molecule has 0 saturated heterocycles. The maximum atomic E-state index is 5.81. The quantitative estimate of drug-likeness (QED) is 0.680. The van der Waals surface area contributed by atoms with Crippen LogP contribution in [0.3, 0.4) is 0 Å². The van der Waals surface area contributed by atoms with Gasteiger partial charge >= 0.3 is 0 Å². The molecule has 2 aromatic heterocycles. The van der Waals surface area contributed by atoms with Gasteiger partial charge in [0.2, 0.25) is 0 Å². The topological polar surface area (TPSA) is 56.1 Å². The number of hydrogen-bond donors (Lipinski definition) is 0. The summed E-state index contributed by atoms with van der Waals surface area (Å²) in [6.45, 7) is 2.20. The minimum atomic E-state index is 0.642. The number of aromatic nitrogens is 4. The lowest BCUT2D eigenvalue weighted by Crippen LogP contribution is -2.26. The molecule has 0 radical (unpaired) electrons. The summed E-state index contributed by atoms with van der Waals surface area (Å²) in [5.41, 5.74) is 2.02. The first kappa shape index (κ1) is 12.1. The van der Waals surface area contributed by atoms with Gasteiger partial charge < -0.3 is 9.64 Å². The monoisotopic (exact) mass is 281 g/mol. The molecule has 0 saturated carbocycles. The van der Waals surface area contributed by atoms with E-state index in [0.717, 1.165) is 35.7 Å². The Balaban J connectivity index is 1.79. The molecule has 1 aliphatic rings. The van der Waals surface area contributed by atoms with Gasteiger partial charge in [0.05, 0.1) is 18.1 Å². The molecule has 6 heteroatoms. The van der Waals surface area contributed by atoms with Gasteiger partial charge in [0, 0.05) is 19.2 Å². The van der Waals surface area contributed by atoms with Crippen molar-refractivity contribution < 1.29 is 4.74 Å². The maximum Gasteiger partial charge on any atom is 0.163 e. The van der Waals surface area contributed by atoms with E-state index in [1.165, 1.54) is 5.56 Å². The molecule has 21 heavy (non-hydrogen) atoms. The van der Waals surface area contributed by atoms with Crippen LogP contribution in [0.15, 0.2) is 36.8 Å². The fourth-order valence-electron chi connectivity index (χ4n) is 2.71. The number of ether oxygens (including phenoxy) is 1. The van der Waals surface area contributed by atoms with Gasteiger partial charge in [0.25, 0.3) is 0 Å². The first-order chi connectivity index (χ1) is 10.3. The largest absolute Gasteiger partial charge is 0.491 e. The molecule has 0 amide bonds. The van der Waals surface area contributed by atoms with Crippen LogP contribution in [-0.4, -0.2) is 32.9 Å². The molecule has 0 N–H and O–H groups in total. The fraction of sp³-hybridized carbons (Fsp3) is 0.267. The van der Waals surface area contributed by atoms with Gasteiger partial charge in [-0.25, -0.2) is 9.97 Å². The molecule has 6 nitrogen and oxygen atoms in total. The van der Waals surface area contributed by atoms with E-state index in [1.54, 1.807) is 11.0 Å². The van der Waals surface area contributed by atoms with E-state index in [2.05, 4.69) is 26.0 Å². The van der Waals surface area contributed by atoms with Crippen LogP contribution >= 0.6 is 0 Å². The van der Waals surface area contributed by atoms with Gasteiger partial charge in [-0.3, -0.25) is 4.68 Å². The van der Waals surface area contributed by atoms with E-state index >= 15 is 0 Å². The van der Waals surface area contributed by atoms with Crippen molar-refractivity contribution in [3.05, 3.63) is 42.4 Å². The average molecular weight is 281 g/mol. The van der Waals surface area contributed by atoms with Gasteiger partial charge in [-0.15, -0.1) is 0 Å². The van der Waals surface area contributed by atoms with Crippen LogP contribution < -0.4 is 9.64 Å². The van der Waals surface area contributed by atoms with E-state index < -0.39 is 0 Å². The highest BCUT2D eigenvalue weighted by Crippen LogP contribution is 2.28. The van der Waals surface area contributed by atoms with Gasteiger partial charge in [-0.1, -0.05) is 18.2 Å². The van der Waals surface area contributed by atoms with E-state index in [-0.39, 0.29) is 0 Å². The molecule has 0 spiro atoms. The summed E-state index contributed by atoms with van der Waals surface area (Å²) in [5, 5.41) is 5.25. The number of nitrogens with zero attached hydrogens (tertiary/aromatic N) is 5. The van der Waals surface area contributed by atoms with E-state index in [4.69, 9.17) is 4.74 Å². The molecule has 1 aromatic carbocycles. The second kappa shape index (κ2) is 4.73. The third-order valence-corrected chi connectivity index (χ3v) is 3.76. The molecule has 3 aromatic rings. The van der Waals surface area contributed by atoms with Crippen LogP contribution in [0.4, 0.5) is 5.82 Å². The van der Waals surface area contributed by atoms with E-state index in [9.17, 15) is 0 Å². The highest BCUT2D eigenvalue weighted by molar-refractivity contribution is 5.86. The van der Waals surface area contributed by atoms with Crippen LogP contribution in [0.2, 0.25) is 0 Å². The first-order valence-corrected chi connectivity index (χ1v) is 6.91. The highest BCUT2D eigenvalue weighted by atomic mass is 16.5. The molecule has 0 bridgehead atoms. The van der Waals surface area contributed by atoms with Crippen molar-refractivity contribution in [2.75, 3.05) is 18.1 Å². The second-order valence-electron chi connectivity index (χ2n) is 5.08. The SMILES string of the molecule is Cn1ncc2c(N3CCOc4ccccc4C3)ncnc21. The standard InChI is InChI=1S/C15H15N5O/c1-19-14-12(8-18-19)15(17-10-16-14)20-6-7-21-13-5-3-2-4-11(13)9-20/h2-5,8,10H,6-7,9H2,1H3. The number of benzene rings is 1. The summed E-state index contributed by atoms with van der Waals surface area (Å²) in [7, 11) is 1.89. The number of anilines is 1. The molecule has 4 rings (SSSR count). The Labute approximate surface area is 122 Å². The number of aryl methyl sites for hydroxylation is 1. The highest BCUT2D eigenvalue weighted by Gasteiger charge is 2.19. The minimum absolute atomic E-state index is 0.642. The Morgan fingerprint density at radius 2 is 2.10 bits per heavy atom. The molecule has 1 aliphatic heterocycles. The predicted octanol–water partition coefficient (Wildman–Crippen LogP) is 1.76. The summed E-state index contributed by atoms with van der Waals surface area (Å²) in [6, 6.07) is 8.14. The lowest BCUT2D eigenvalue weighted by Gasteiger charge is -2.21. The summed E-state index contributed by atoms with van der Waals surface area (Å²) < 4.78 is 7.58. The van der Waals surface area contributed by atoms with Crippen LogP contribution in [0.5, 0.6) is 5.75 Å². The average Bonchev–Trinajstić information content (AvgIpc) is 2.77. The lowest BCUT2D eigenvalue weighted by atomic mass is 10.2. The van der Waals surface area contributed by atoms with Gasteiger partial charge in [0.1, 0.15) is 24.5 Å². The van der Waals surface area contributed by atoms with E-state index in [1.807, 2.05) is 31.4 Å². The smallest absolute Gasteiger partial charge is 0.163 e. The van der Waals surface area contributed by atoms with Crippen molar-refractivity contribution >= 4 is 16.9 Å². The molecule has 0 unspecified atom stereocenters. The third-order valence-electron chi connectivity index (χ3n) is 3.76. The number of rotatable bonds is 1. The van der Waals surface area contributed by atoms with Gasteiger partial charge in [-0.2, -0.15) is 5.10 Å². The summed E-state index contributed by atoms with van der Waals surface area (Å²) in [5.74, 6) is 1.87. The van der Waals surface area contributed by atoms with Crippen LogP contribution in [0, 0.1) is 0 Å². The first-order valence-electron chi connectivity index (χ1n) is 6.91.